The van der Waals surface area contributed by atoms with Gasteiger partial charge in [0.1, 0.15) is 11.9 Å². The molecule has 2 fully saturated rings. The maximum absolute atomic E-state index is 13.0. The molecule has 1 heterocycles. The van der Waals surface area contributed by atoms with Gasteiger partial charge in [0.15, 0.2) is 0 Å². The van der Waals surface area contributed by atoms with E-state index >= 15 is 0 Å². The highest BCUT2D eigenvalue weighted by atomic mass is 19.1. The molecule has 1 aromatic carbocycles. The van der Waals surface area contributed by atoms with Gasteiger partial charge in [-0.1, -0.05) is 12.8 Å². The van der Waals surface area contributed by atoms with E-state index in [1.807, 2.05) is 6.92 Å². The Bertz CT molecular complexity index is 709. The van der Waals surface area contributed by atoms with E-state index in [2.05, 4.69) is 16.0 Å². The van der Waals surface area contributed by atoms with Crippen molar-refractivity contribution in [2.75, 3.05) is 11.9 Å². The number of nitrogens with zero attached hydrogens (tertiary/aromatic N) is 1. The highest BCUT2D eigenvalue weighted by Gasteiger charge is 2.45. The standard InChI is InChI=1S/C19H25FN4O3/c1-2-21-19(27)24-15-6-4-3-5-14(15)23-18(26)16(24)11-17(25)22-13-9-7-12(20)8-10-13/h7-10,14-16H,2-6,11H2,1H3,(H,21,27)(H,22,25)(H,23,26)/t14-,15+,16+/m1/s1. The van der Waals surface area contributed by atoms with Crippen LogP contribution in [0.4, 0.5) is 14.9 Å². The SMILES string of the molecule is CCNC(=O)N1[C@@H](CC(=O)Nc2ccc(F)cc2)C(=O)N[C@@H]2CCCC[C@@H]21. The lowest BCUT2D eigenvalue weighted by atomic mass is 9.85. The third-order valence-corrected chi connectivity index (χ3v) is 5.12. The highest BCUT2D eigenvalue weighted by Crippen LogP contribution is 2.29. The second-order valence-corrected chi connectivity index (χ2v) is 6.98. The Kier molecular flexibility index (Phi) is 5.93. The monoisotopic (exact) mass is 376 g/mol. The first-order valence-corrected chi connectivity index (χ1v) is 9.41. The number of anilines is 1. The lowest BCUT2D eigenvalue weighted by Gasteiger charge is -2.47. The molecule has 0 radical (unpaired) electrons. The molecule has 2 aliphatic rings. The minimum Gasteiger partial charge on any atom is -0.349 e. The molecule has 3 rings (SSSR count). The van der Waals surface area contributed by atoms with Crippen LogP contribution in [-0.4, -0.2) is 47.4 Å². The molecule has 0 aromatic heterocycles. The minimum atomic E-state index is -0.864. The van der Waals surface area contributed by atoms with Crippen LogP contribution in [0.25, 0.3) is 0 Å². The number of carbonyl (C=O) groups is 3. The second kappa shape index (κ2) is 8.37. The van der Waals surface area contributed by atoms with Crippen LogP contribution in [-0.2, 0) is 9.59 Å². The van der Waals surface area contributed by atoms with Crippen molar-refractivity contribution in [3.05, 3.63) is 30.1 Å². The second-order valence-electron chi connectivity index (χ2n) is 6.98. The van der Waals surface area contributed by atoms with Gasteiger partial charge in [0.05, 0.1) is 12.5 Å². The zero-order valence-electron chi connectivity index (χ0n) is 15.3. The van der Waals surface area contributed by atoms with E-state index in [-0.39, 0.29) is 30.4 Å². The summed E-state index contributed by atoms with van der Waals surface area (Å²) in [4.78, 5) is 39.3. The van der Waals surface area contributed by atoms with Crippen LogP contribution in [0.5, 0.6) is 0 Å². The number of amides is 4. The molecule has 0 unspecified atom stereocenters. The number of rotatable bonds is 4. The summed E-state index contributed by atoms with van der Waals surface area (Å²) in [5.41, 5.74) is 0.442. The van der Waals surface area contributed by atoms with E-state index < -0.39 is 17.8 Å². The molecule has 3 atom stereocenters. The zero-order valence-corrected chi connectivity index (χ0v) is 15.3. The van der Waals surface area contributed by atoms with Crippen LogP contribution in [0.15, 0.2) is 24.3 Å². The summed E-state index contributed by atoms with van der Waals surface area (Å²) in [5, 5.41) is 8.40. The Labute approximate surface area is 157 Å². The summed E-state index contributed by atoms with van der Waals surface area (Å²) in [5.74, 6) is -1.10. The smallest absolute Gasteiger partial charge is 0.318 e. The average Bonchev–Trinajstić information content (AvgIpc) is 2.64. The zero-order chi connectivity index (χ0) is 19.4. The molecular weight excluding hydrogens is 351 g/mol. The Morgan fingerprint density at radius 3 is 2.63 bits per heavy atom. The predicted molar refractivity (Wildman–Crippen MR) is 98.5 cm³/mol. The van der Waals surface area contributed by atoms with Crippen molar-refractivity contribution in [1.29, 1.82) is 0 Å². The van der Waals surface area contributed by atoms with Crippen molar-refractivity contribution in [3.63, 3.8) is 0 Å². The first-order chi connectivity index (χ1) is 13.0. The fourth-order valence-corrected chi connectivity index (χ4v) is 3.90. The quantitative estimate of drug-likeness (QED) is 0.751. The lowest BCUT2D eigenvalue weighted by Crippen LogP contribution is -2.69. The first kappa shape index (κ1) is 19.1. The number of benzene rings is 1. The van der Waals surface area contributed by atoms with E-state index in [0.29, 0.717) is 12.2 Å². The number of nitrogens with one attached hydrogen (secondary N) is 3. The molecule has 27 heavy (non-hydrogen) atoms. The van der Waals surface area contributed by atoms with Gasteiger partial charge in [0.25, 0.3) is 0 Å². The van der Waals surface area contributed by atoms with Crippen molar-refractivity contribution in [3.8, 4) is 0 Å². The lowest BCUT2D eigenvalue weighted by molar-refractivity contribution is -0.135. The van der Waals surface area contributed by atoms with E-state index in [9.17, 15) is 18.8 Å². The van der Waals surface area contributed by atoms with Gasteiger partial charge in [-0.05, 0) is 44.0 Å². The summed E-state index contributed by atoms with van der Waals surface area (Å²) < 4.78 is 13.0. The Morgan fingerprint density at radius 2 is 1.93 bits per heavy atom. The molecule has 146 valence electrons. The van der Waals surface area contributed by atoms with E-state index in [0.717, 1.165) is 25.7 Å². The van der Waals surface area contributed by atoms with Gasteiger partial charge in [-0.3, -0.25) is 9.59 Å². The van der Waals surface area contributed by atoms with Crippen LogP contribution in [0.1, 0.15) is 39.0 Å². The predicted octanol–water partition coefficient (Wildman–Crippen LogP) is 2.00. The van der Waals surface area contributed by atoms with Crippen molar-refractivity contribution in [2.24, 2.45) is 0 Å². The molecule has 4 amide bonds. The Morgan fingerprint density at radius 1 is 1.22 bits per heavy atom. The maximum Gasteiger partial charge on any atom is 0.318 e. The number of halogens is 1. The van der Waals surface area contributed by atoms with Gasteiger partial charge in [-0.2, -0.15) is 0 Å². The van der Waals surface area contributed by atoms with E-state index in [1.54, 1.807) is 4.90 Å². The van der Waals surface area contributed by atoms with Crippen molar-refractivity contribution < 1.29 is 18.8 Å². The molecular formula is C19H25FN4O3. The summed E-state index contributed by atoms with van der Waals surface area (Å²) in [7, 11) is 0. The molecule has 1 saturated heterocycles. The van der Waals surface area contributed by atoms with Crippen LogP contribution in [0.3, 0.4) is 0 Å². The van der Waals surface area contributed by atoms with Crippen LogP contribution in [0.2, 0.25) is 0 Å². The third-order valence-electron chi connectivity index (χ3n) is 5.12. The number of carbonyl (C=O) groups excluding carboxylic acids is 3. The van der Waals surface area contributed by atoms with Crippen LogP contribution < -0.4 is 16.0 Å². The maximum atomic E-state index is 13.0. The number of piperazine rings is 1. The summed E-state index contributed by atoms with van der Waals surface area (Å²) >= 11 is 0. The van der Waals surface area contributed by atoms with Gasteiger partial charge >= 0.3 is 6.03 Å². The van der Waals surface area contributed by atoms with Crippen molar-refractivity contribution in [1.82, 2.24) is 15.5 Å². The average molecular weight is 376 g/mol. The van der Waals surface area contributed by atoms with Gasteiger partial charge < -0.3 is 20.9 Å². The van der Waals surface area contributed by atoms with Gasteiger partial charge in [0.2, 0.25) is 11.8 Å². The van der Waals surface area contributed by atoms with Crippen LogP contribution in [0, 0.1) is 5.82 Å². The number of hydrogen-bond acceptors (Lipinski definition) is 3. The molecule has 7 nitrogen and oxygen atoms in total. The number of urea groups is 1. The molecule has 0 bridgehead atoms. The molecule has 8 heteroatoms. The molecule has 1 aliphatic carbocycles. The van der Waals surface area contributed by atoms with Crippen molar-refractivity contribution in [2.45, 2.75) is 57.2 Å². The van der Waals surface area contributed by atoms with E-state index in [4.69, 9.17) is 0 Å². The van der Waals surface area contributed by atoms with Gasteiger partial charge in [-0.25, -0.2) is 9.18 Å². The molecule has 3 N–H and O–H groups in total. The number of fused-ring (bicyclic) bond motifs is 1. The first-order valence-electron chi connectivity index (χ1n) is 9.41. The molecule has 0 spiro atoms. The fraction of sp³-hybridized carbons (Fsp3) is 0.526. The van der Waals surface area contributed by atoms with Crippen LogP contribution >= 0.6 is 0 Å². The Hall–Kier alpha value is -2.64. The summed E-state index contributed by atoms with van der Waals surface area (Å²) in [6, 6.07) is 4.05. The molecule has 1 aliphatic heterocycles. The highest BCUT2D eigenvalue weighted by molar-refractivity contribution is 5.97. The third kappa shape index (κ3) is 4.37. The summed E-state index contributed by atoms with van der Waals surface area (Å²) in [6.07, 6.45) is 3.49. The summed E-state index contributed by atoms with van der Waals surface area (Å²) in [6.45, 7) is 2.26. The normalized spacial score (nSPS) is 24.6. The molecule has 1 aromatic rings. The van der Waals surface area contributed by atoms with E-state index in [1.165, 1.54) is 24.3 Å². The Balaban J connectivity index is 1.75. The fourth-order valence-electron chi connectivity index (χ4n) is 3.90. The number of hydrogen-bond donors (Lipinski definition) is 3. The van der Waals surface area contributed by atoms with Crippen molar-refractivity contribution >= 4 is 23.5 Å². The molecule has 1 saturated carbocycles. The topological polar surface area (TPSA) is 90.5 Å². The van der Waals surface area contributed by atoms with Gasteiger partial charge in [0, 0.05) is 18.3 Å². The minimum absolute atomic E-state index is 0.0646. The van der Waals surface area contributed by atoms with Gasteiger partial charge in [-0.15, -0.1) is 0 Å². The largest absolute Gasteiger partial charge is 0.349 e.